The van der Waals surface area contributed by atoms with Gasteiger partial charge in [-0.15, -0.1) is 0 Å². The maximum atomic E-state index is 13.3. The fourth-order valence-electron chi connectivity index (χ4n) is 4.19. The fourth-order valence-corrected chi connectivity index (χ4v) is 8.78. The second-order valence-corrected chi connectivity index (χ2v) is 11.5. The molecule has 3 rings (SSSR count). The van der Waals surface area contributed by atoms with Gasteiger partial charge in [-0.1, -0.05) is 62.3 Å². The van der Waals surface area contributed by atoms with Gasteiger partial charge >= 0.3 is 12.4 Å². The van der Waals surface area contributed by atoms with Gasteiger partial charge < -0.3 is 5.11 Å². The van der Waals surface area contributed by atoms with Crippen LogP contribution in [0.1, 0.15) is 19.4 Å². The summed E-state index contributed by atoms with van der Waals surface area (Å²) in [6, 6.07) is 11.8. The van der Waals surface area contributed by atoms with Crippen LogP contribution in [-0.4, -0.2) is 25.5 Å². The van der Waals surface area contributed by atoms with Crippen molar-refractivity contribution in [3.63, 3.8) is 0 Å². The van der Waals surface area contributed by atoms with Gasteiger partial charge in [0.15, 0.2) is 0 Å². The van der Waals surface area contributed by atoms with E-state index in [1.807, 2.05) is 26.0 Å². The van der Waals surface area contributed by atoms with E-state index in [0.29, 0.717) is 11.1 Å². The van der Waals surface area contributed by atoms with Gasteiger partial charge in [-0.2, -0.15) is 26.3 Å². The van der Waals surface area contributed by atoms with Crippen molar-refractivity contribution in [1.29, 1.82) is 0 Å². The van der Waals surface area contributed by atoms with E-state index in [4.69, 9.17) is 0 Å². The normalized spacial score (nSPS) is 16.2. The molecule has 8 heteroatoms. The highest BCUT2D eigenvalue weighted by Crippen LogP contribution is 2.50. The number of hydrogen-bond donors (Lipinski definition) is 1. The first-order valence-electron chi connectivity index (χ1n) is 8.54. The first kappa shape index (κ1) is 19.9. The van der Waals surface area contributed by atoms with Crippen molar-refractivity contribution >= 4 is 18.4 Å². The SMILES string of the molecule is CC[Si]1(CC)c2ccccc2-c2cc(C(O)(C(F)(F)F)C(F)(F)F)ccc21. The van der Waals surface area contributed by atoms with Crippen LogP contribution < -0.4 is 10.4 Å². The number of alkyl halides is 6. The summed E-state index contributed by atoms with van der Waals surface area (Å²) >= 11 is 0. The lowest BCUT2D eigenvalue weighted by atomic mass is 9.90. The largest absolute Gasteiger partial charge is 0.430 e. The second-order valence-electron chi connectivity index (χ2n) is 6.80. The van der Waals surface area contributed by atoms with Crippen molar-refractivity contribution in [2.75, 3.05) is 0 Å². The lowest BCUT2D eigenvalue weighted by Crippen LogP contribution is -2.55. The van der Waals surface area contributed by atoms with Crippen molar-refractivity contribution in [3.8, 4) is 11.1 Å². The molecule has 0 saturated carbocycles. The molecule has 1 aliphatic heterocycles. The molecule has 0 amide bonds. The minimum absolute atomic E-state index is 0.366. The molecule has 0 aromatic heterocycles. The molecule has 0 fully saturated rings. The highest BCUT2D eigenvalue weighted by Gasteiger charge is 2.71. The van der Waals surface area contributed by atoms with E-state index in [-0.39, 0.29) is 0 Å². The molecule has 0 atom stereocenters. The second kappa shape index (κ2) is 6.10. The lowest BCUT2D eigenvalue weighted by Gasteiger charge is -2.33. The van der Waals surface area contributed by atoms with Gasteiger partial charge in [0.05, 0.1) is 0 Å². The average molecular weight is 404 g/mol. The molecule has 0 saturated heterocycles. The lowest BCUT2D eigenvalue weighted by molar-refractivity contribution is -0.376. The Bertz CT molecular complexity index is 853. The van der Waals surface area contributed by atoms with Crippen LogP contribution in [0.2, 0.25) is 12.1 Å². The standard InChI is InChI=1S/C19H18F6OSi/c1-3-27(4-2)15-8-6-5-7-13(15)14-11-12(9-10-16(14)27)17(26,18(20,21)22)19(23,24)25/h5-11,26H,3-4H2,1-2H3. The fraction of sp³-hybridized carbons (Fsp3) is 0.368. The van der Waals surface area contributed by atoms with Crippen LogP contribution >= 0.6 is 0 Å². The quantitative estimate of drug-likeness (QED) is 0.587. The van der Waals surface area contributed by atoms with E-state index < -0.39 is 31.6 Å². The van der Waals surface area contributed by atoms with Gasteiger partial charge in [0.1, 0.15) is 8.07 Å². The summed E-state index contributed by atoms with van der Waals surface area (Å²) in [6.45, 7) is 3.99. The monoisotopic (exact) mass is 404 g/mol. The van der Waals surface area contributed by atoms with Crippen molar-refractivity contribution in [1.82, 2.24) is 0 Å². The third-order valence-electron chi connectivity index (χ3n) is 5.71. The van der Waals surface area contributed by atoms with Crippen molar-refractivity contribution < 1.29 is 31.4 Å². The predicted octanol–water partition coefficient (Wildman–Crippen LogP) is 4.58. The molecular formula is C19H18F6OSi. The molecule has 2 aromatic carbocycles. The van der Waals surface area contributed by atoms with E-state index >= 15 is 0 Å². The topological polar surface area (TPSA) is 20.2 Å². The first-order valence-corrected chi connectivity index (χ1v) is 11.0. The highest BCUT2D eigenvalue weighted by molar-refractivity contribution is 7.05. The van der Waals surface area contributed by atoms with Crippen molar-refractivity contribution in [2.24, 2.45) is 0 Å². The van der Waals surface area contributed by atoms with Gasteiger partial charge in [0, 0.05) is 5.56 Å². The molecule has 2 aromatic rings. The summed E-state index contributed by atoms with van der Waals surface area (Å²) in [5, 5.41) is 11.6. The molecule has 0 unspecified atom stereocenters. The van der Waals surface area contributed by atoms with E-state index in [0.717, 1.165) is 34.6 Å². The maximum Gasteiger partial charge on any atom is 0.430 e. The maximum absolute atomic E-state index is 13.3. The summed E-state index contributed by atoms with van der Waals surface area (Å²) in [4.78, 5) is 0. The minimum Gasteiger partial charge on any atom is -0.369 e. The Kier molecular flexibility index (Phi) is 4.51. The van der Waals surface area contributed by atoms with Crippen LogP contribution in [0.3, 0.4) is 0 Å². The number of hydrogen-bond acceptors (Lipinski definition) is 1. The van der Waals surface area contributed by atoms with Crippen molar-refractivity contribution in [3.05, 3.63) is 48.0 Å². The first-order chi connectivity index (χ1) is 12.4. The molecule has 0 aliphatic carbocycles. The van der Waals surface area contributed by atoms with Crippen molar-refractivity contribution in [2.45, 2.75) is 43.9 Å². The molecule has 146 valence electrons. The summed E-state index contributed by atoms with van der Waals surface area (Å²) in [5.74, 6) is 0. The van der Waals surface area contributed by atoms with E-state index in [9.17, 15) is 31.4 Å². The Labute approximate surface area is 153 Å². The minimum atomic E-state index is -5.89. The summed E-state index contributed by atoms with van der Waals surface area (Å²) in [7, 11) is -2.24. The highest BCUT2D eigenvalue weighted by atomic mass is 28.3. The van der Waals surface area contributed by atoms with Crippen LogP contribution in [-0.2, 0) is 5.60 Å². The average Bonchev–Trinajstić information content (AvgIpc) is 2.89. The number of aliphatic hydroxyl groups is 1. The molecule has 27 heavy (non-hydrogen) atoms. The molecule has 1 N–H and O–H groups in total. The van der Waals surface area contributed by atoms with Crippen LogP contribution in [0.4, 0.5) is 26.3 Å². The Morgan fingerprint density at radius 1 is 0.778 bits per heavy atom. The number of halogens is 6. The molecule has 1 nitrogen and oxygen atoms in total. The molecule has 1 aliphatic rings. The predicted molar refractivity (Wildman–Crippen MR) is 93.9 cm³/mol. The van der Waals surface area contributed by atoms with E-state index in [1.165, 1.54) is 6.07 Å². The van der Waals surface area contributed by atoms with Crippen LogP contribution in [0.25, 0.3) is 11.1 Å². The molecule has 0 bridgehead atoms. The zero-order valence-corrected chi connectivity index (χ0v) is 15.7. The summed E-state index contributed by atoms with van der Waals surface area (Å²) in [6.07, 6.45) is -11.8. The van der Waals surface area contributed by atoms with Gasteiger partial charge in [-0.3, -0.25) is 0 Å². The molecule has 0 radical (unpaired) electrons. The van der Waals surface area contributed by atoms with Gasteiger partial charge in [0.2, 0.25) is 0 Å². The van der Waals surface area contributed by atoms with Crippen LogP contribution in [0.15, 0.2) is 42.5 Å². The molecule has 1 heterocycles. The van der Waals surface area contributed by atoms with Crippen LogP contribution in [0, 0.1) is 0 Å². The zero-order valence-electron chi connectivity index (χ0n) is 14.7. The van der Waals surface area contributed by atoms with E-state index in [1.54, 1.807) is 12.1 Å². The Morgan fingerprint density at radius 3 is 1.81 bits per heavy atom. The van der Waals surface area contributed by atoms with Gasteiger partial charge in [-0.05, 0) is 27.6 Å². The van der Waals surface area contributed by atoms with E-state index in [2.05, 4.69) is 0 Å². The number of benzene rings is 2. The third-order valence-corrected chi connectivity index (χ3v) is 11.1. The Balaban J connectivity index is 2.31. The van der Waals surface area contributed by atoms with Crippen LogP contribution in [0.5, 0.6) is 0 Å². The Hall–Kier alpha value is -1.80. The molecular weight excluding hydrogens is 386 g/mol. The summed E-state index contributed by atoms with van der Waals surface area (Å²) < 4.78 is 79.5. The number of rotatable bonds is 3. The Morgan fingerprint density at radius 2 is 1.30 bits per heavy atom. The molecule has 0 spiro atoms. The summed E-state index contributed by atoms with van der Waals surface area (Å²) in [5.41, 5.74) is -5.08. The third kappa shape index (κ3) is 2.56. The van der Waals surface area contributed by atoms with Gasteiger partial charge in [0.25, 0.3) is 5.60 Å². The number of fused-ring (bicyclic) bond motifs is 3. The zero-order chi connectivity index (χ0) is 20.3. The van der Waals surface area contributed by atoms with Gasteiger partial charge in [-0.25, -0.2) is 0 Å². The smallest absolute Gasteiger partial charge is 0.369 e.